The van der Waals surface area contributed by atoms with Crippen molar-refractivity contribution < 1.29 is 13.1 Å². The van der Waals surface area contributed by atoms with Gasteiger partial charge in [0.1, 0.15) is 0 Å². The van der Waals surface area contributed by atoms with Crippen molar-refractivity contribution in [2.75, 3.05) is 0 Å². The summed E-state index contributed by atoms with van der Waals surface area (Å²) < 4.78 is 0. The van der Waals surface area contributed by atoms with Crippen LogP contribution in [-0.2, 0) is 13.1 Å². The Labute approximate surface area is 324 Å². The minimum absolute atomic E-state index is 0.194. The molecule has 0 saturated heterocycles. The summed E-state index contributed by atoms with van der Waals surface area (Å²) in [5.41, 5.74) is 5.60. The Balaban J connectivity index is 0.00000150. The molecular formula is C44H37Cl2FeN3P2. The number of allylic oxidation sites excluding steroid dienone is 2. The molecule has 0 spiro atoms. The fourth-order valence-electron chi connectivity index (χ4n) is 5.95. The third kappa shape index (κ3) is 9.91. The van der Waals surface area contributed by atoms with Gasteiger partial charge >= 0.3 is 33.3 Å². The summed E-state index contributed by atoms with van der Waals surface area (Å²) in [6, 6.07) is 60.5. The van der Waals surface area contributed by atoms with Gasteiger partial charge in [0.15, 0.2) is 0 Å². The van der Waals surface area contributed by atoms with Crippen LogP contribution in [0, 0.1) is 0 Å². The van der Waals surface area contributed by atoms with Gasteiger partial charge in [-0.1, -0.05) is 152 Å². The quantitative estimate of drug-likeness (QED) is 0.0753. The molecule has 7 rings (SSSR count). The first kappa shape index (κ1) is 37.8. The molecule has 0 amide bonds. The van der Waals surface area contributed by atoms with Crippen LogP contribution in [0.15, 0.2) is 197 Å². The van der Waals surface area contributed by atoms with Crippen molar-refractivity contribution in [2.45, 2.75) is 20.3 Å². The van der Waals surface area contributed by atoms with Gasteiger partial charge in [-0.15, -0.1) is 0 Å². The molecule has 1 heterocycles. The predicted molar refractivity (Wildman–Crippen MR) is 228 cm³/mol. The van der Waals surface area contributed by atoms with E-state index < -0.39 is 15.8 Å². The first-order valence-corrected chi connectivity index (χ1v) is 22.5. The van der Waals surface area contributed by atoms with E-state index in [2.05, 4.69) is 176 Å². The maximum atomic E-state index is 4.96. The molecule has 6 aromatic carbocycles. The van der Waals surface area contributed by atoms with Gasteiger partial charge in [-0.2, -0.15) is 0 Å². The fourth-order valence-corrected chi connectivity index (χ4v) is 10.5. The molecule has 1 aliphatic heterocycles. The van der Waals surface area contributed by atoms with Crippen LogP contribution in [0.5, 0.6) is 0 Å². The molecule has 0 atom stereocenters. The third-order valence-electron chi connectivity index (χ3n) is 8.40. The van der Waals surface area contributed by atoms with Crippen LogP contribution in [0.1, 0.15) is 20.3 Å². The van der Waals surface area contributed by atoms with Crippen molar-refractivity contribution in [2.24, 2.45) is 15.0 Å². The van der Waals surface area contributed by atoms with Crippen molar-refractivity contribution in [1.29, 1.82) is 0 Å². The normalized spacial score (nSPS) is 13.1. The molecule has 0 aromatic heterocycles. The summed E-state index contributed by atoms with van der Waals surface area (Å²) in [4.78, 5) is 14.9. The average Bonchev–Trinajstić information content (AvgIpc) is 3.70. The average molecular weight is 797 g/mol. The molecule has 260 valence electrons. The molecule has 0 bridgehead atoms. The number of benzene rings is 6. The molecule has 3 nitrogen and oxygen atoms in total. The van der Waals surface area contributed by atoms with Gasteiger partial charge in [-0.05, 0) is 85.8 Å². The Bertz CT molecular complexity index is 2080. The van der Waals surface area contributed by atoms with Crippen molar-refractivity contribution in [1.82, 2.24) is 0 Å². The predicted octanol–water partition coefficient (Wildman–Crippen LogP) is 10.2. The van der Waals surface area contributed by atoms with Gasteiger partial charge < -0.3 is 0 Å². The Kier molecular flexibility index (Phi) is 14.0. The zero-order valence-corrected chi connectivity index (χ0v) is 33.2. The van der Waals surface area contributed by atoms with E-state index in [0.29, 0.717) is 0 Å². The number of rotatable bonds is 10. The Morgan fingerprint density at radius 2 is 0.788 bits per heavy atom. The summed E-state index contributed by atoms with van der Waals surface area (Å²) in [5, 5.41) is 7.97. The van der Waals surface area contributed by atoms with E-state index in [1.54, 1.807) is 0 Å². The second-order valence-corrected chi connectivity index (χ2v) is 18.1. The molecule has 52 heavy (non-hydrogen) atoms. The zero-order valence-electron chi connectivity index (χ0n) is 28.8. The van der Waals surface area contributed by atoms with Crippen LogP contribution in [0.25, 0.3) is 0 Å². The molecule has 0 radical (unpaired) electrons. The molecule has 0 fully saturated rings. The van der Waals surface area contributed by atoms with E-state index in [4.69, 9.17) is 35.2 Å². The van der Waals surface area contributed by atoms with Crippen LogP contribution in [0.2, 0.25) is 0 Å². The van der Waals surface area contributed by atoms with Gasteiger partial charge in [-0.25, -0.2) is 4.99 Å². The summed E-state index contributed by atoms with van der Waals surface area (Å²) >= 11 is 0.194. The van der Waals surface area contributed by atoms with Crippen LogP contribution in [-0.4, -0.2) is 17.1 Å². The van der Waals surface area contributed by atoms with Crippen molar-refractivity contribution in [3.63, 3.8) is 0 Å². The summed E-state index contributed by atoms with van der Waals surface area (Å²) in [7, 11) is 8.24. The number of halogens is 2. The Morgan fingerprint density at radius 1 is 0.481 bits per heavy atom. The molecule has 1 aliphatic rings. The molecule has 0 saturated carbocycles. The Hall–Kier alpha value is -3.97. The van der Waals surface area contributed by atoms with Crippen molar-refractivity contribution in [3.05, 3.63) is 182 Å². The van der Waals surface area contributed by atoms with E-state index in [-0.39, 0.29) is 13.1 Å². The second kappa shape index (κ2) is 19.2. The molecule has 0 N–H and O–H groups in total. The molecule has 6 aromatic rings. The first-order valence-electron chi connectivity index (χ1n) is 16.8. The minimum atomic E-state index is -0.643. The fraction of sp³-hybridized carbons (Fsp3) is 0.0682. The molecular weight excluding hydrogens is 759 g/mol. The van der Waals surface area contributed by atoms with Gasteiger partial charge in [0.25, 0.3) is 0 Å². The first-order chi connectivity index (χ1) is 25.5. The monoisotopic (exact) mass is 795 g/mol. The topological polar surface area (TPSA) is 37.1 Å². The standard InChI is InChI=1S/C44H37N3P2.2ClH.Fe/c1-33(45-35-23-27-41(28-24-35)48(37-15-7-3-8-16-37)38-17-9-4-10-18-38)43-31-32-44(47-43)34(2)46-36-25-29-42(30-26-36)49(39-19-11-5-12-20-39)40-21-13-6-14-22-40;;;/h3-31H,32H2,1-2H3;2*1H;/q;;;+2/p-2. The van der Waals surface area contributed by atoms with Gasteiger partial charge in [0, 0.05) is 6.42 Å². The van der Waals surface area contributed by atoms with E-state index in [0.717, 1.165) is 40.6 Å². The summed E-state index contributed by atoms with van der Waals surface area (Å²) in [6.07, 6.45) is 2.90. The van der Waals surface area contributed by atoms with Crippen LogP contribution in [0.4, 0.5) is 11.4 Å². The van der Waals surface area contributed by atoms with Crippen LogP contribution in [0.3, 0.4) is 0 Å². The van der Waals surface area contributed by atoms with Crippen molar-refractivity contribution >= 4 is 96.4 Å². The second-order valence-electron chi connectivity index (χ2n) is 11.8. The summed E-state index contributed by atoms with van der Waals surface area (Å²) in [6.45, 7) is 4.09. The van der Waals surface area contributed by atoms with E-state index >= 15 is 0 Å². The zero-order chi connectivity index (χ0) is 36.1. The number of aliphatic imine (C=N–C) groups is 3. The van der Waals surface area contributed by atoms with Gasteiger partial charge in [0.05, 0.1) is 34.2 Å². The van der Waals surface area contributed by atoms with Gasteiger partial charge in [0.2, 0.25) is 0 Å². The number of hydrogen-bond acceptors (Lipinski definition) is 3. The number of hydrogen-bond donors (Lipinski definition) is 0. The SMILES string of the molecule is CC(=Nc1ccc(P(c2ccccc2)c2ccccc2)cc1)C1=CCC(C(C)=Nc2ccc(P(c3ccccc3)c3ccccc3)cc2)=N1.[Cl][Fe][Cl]. The number of nitrogens with zero attached hydrogens (tertiary/aromatic N) is 3. The molecule has 8 heteroatoms. The molecule has 0 aliphatic carbocycles. The Morgan fingerprint density at radius 3 is 1.13 bits per heavy atom. The van der Waals surface area contributed by atoms with E-state index in [1.165, 1.54) is 31.8 Å². The third-order valence-corrected chi connectivity index (χ3v) is 13.3. The molecule has 0 unspecified atom stereocenters. The van der Waals surface area contributed by atoms with Crippen LogP contribution < -0.4 is 31.8 Å². The summed E-state index contributed by atoms with van der Waals surface area (Å²) in [5.74, 6) is 0. The van der Waals surface area contributed by atoms with Crippen LogP contribution >= 0.6 is 36.0 Å². The van der Waals surface area contributed by atoms with E-state index in [9.17, 15) is 0 Å². The van der Waals surface area contributed by atoms with Crippen molar-refractivity contribution in [3.8, 4) is 0 Å². The van der Waals surface area contributed by atoms with E-state index in [1.807, 2.05) is 13.8 Å². The maximum absolute atomic E-state index is 4.96. The van der Waals surface area contributed by atoms with Gasteiger partial charge in [-0.3, -0.25) is 9.98 Å².